The summed E-state index contributed by atoms with van der Waals surface area (Å²) in [5.74, 6) is 0. The maximum atomic E-state index is 11.2. The predicted octanol–water partition coefficient (Wildman–Crippen LogP) is 3.02. The molecular formula is C16H12N2O2. The van der Waals surface area contributed by atoms with Gasteiger partial charge in [-0.25, -0.2) is 0 Å². The van der Waals surface area contributed by atoms with Crippen LogP contribution >= 0.6 is 0 Å². The summed E-state index contributed by atoms with van der Waals surface area (Å²) < 4.78 is 0. The molecule has 0 saturated carbocycles. The summed E-state index contributed by atoms with van der Waals surface area (Å²) in [5.41, 5.74) is 4.12. The summed E-state index contributed by atoms with van der Waals surface area (Å²) in [6.07, 6.45) is 1.57. The molecule has 0 N–H and O–H groups in total. The van der Waals surface area contributed by atoms with Crippen LogP contribution in [0.3, 0.4) is 0 Å². The third-order valence-corrected chi connectivity index (χ3v) is 3.36. The second kappa shape index (κ2) is 4.49. The van der Waals surface area contributed by atoms with E-state index in [9.17, 15) is 9.59 Å². The molecule has 98 valence electrons. The minimum absolute atomic E-state index is 0.517. The van der Waals surface area contributed by atoms with Crippen LogP contribution in [0.5, 0.6) is 0 Å². The van der Waals surface area contributed by atoms with E-state index >= 15 is 0 Å². The minimum atomic E-state index is 0.517. The Hall–Kier alpha value is -2.62. The normalized spacial score (nSPS) is 10.9. The molecule has 3 rings (SSSR count). The Kier molecular flexibility index (Phi) is 2.79. The van der Waals surface area contributed by atoms with Gasteiger partial charge in [-0.15, -0.1) is 10.2 Å². The molecule has 0 radical (unpaired) electrons. The van der Waals surface area contributed by atoms with Crippen LogP contribution in [-0.2, 0) is 0 Å². The van der Waals surface area contributed by atoms with E-state index in [-0.39, 0.29) is 0 Å². The number of aryl methyl sites for hydroxylation is 2. The molecule has 0 spiro atoms. The molecule has 0 aliphatic rings. The SMILES string of the molecule is Cc1cc(C=O)c2nnc3c(C=O)cc(C)cc3c2c1. The molecule has 4 nitrogen and oxygen atoms in total. The van der Waals surface area contributed by atoms with Crippen molar-refractivity contribution in [3.05, 3.63) is 46.5 Å². The molecule has 0 aliphatic heterocycles. The zero-order chi connectivity index (χ0) is 14.3. The van der Waals surface area contributed by atoms with Crippen molar-refractivity contribution in [1.29, 1.82) is 0 Å². The van der Waals surface area contributed by atoms with Crippen molar-refractivity contribution in [2.45, 2.75) is 13.8 Å². The van der Waals surface area contributed by atoms with Gasteiger partial charge in [0.05, 0.1) is 0 Å². The molecule has 20 heavy (non-hydrogen) atoms. The average Bonchev–Trinajstić information content (AvgIpc) is 2.45. The Morgan fingerprint density at radius 1 is 0.750 bits per heavy atom. The van der Waals surface area contributed by atoms with E-state index in [4.69, 9.17) is 0 Å². The summed E-state index contributed by atoms with van der Waals surface area (Å²) in [5, 5.41) is 9.94. The molecule has 0 bridgehead atoms. The van der Waals surface area contributed by atoms with Gasteiger partial charge in [0.25, 0.3) is 0 Å². The van der Waals surface area contributed by atoms with E-state index in [1.165, 1.54) is 0 Å². The molecule has 2 aromatic carbocycles. The van der Waals surface area contributed by atoms with Crippen LogP contribution < -0.4 is 0 Å². The van der Waals surface area contributed by atoms with Gasteiger partial charge in [-0.3, -0.25) is 9.59 Å². The van der Waals surface area contributed by atoms with Gasteiger partial charge in [0.2, 0.25) is 0 Å². The standard InChI is InChI=1S/C16H12N2O2/c1-9-3-11(7-19)15-13(5-9)14-6-10(2)4-12(8-20)16(14)18-17-15/h3-8H,1-2H3. The van der Waals surface area contributed by atoms with Crippen molar-refractivity contribution in [2.24, 2.45) is 0 Å². The van der Waals surface area contributed by atoms with Crippen molar-refractivity contribution in [3.63, 3.8) is 0 Å². The molecule has 0 amide bonds. The summed E-state index contributed by atoms with van der Waals surface area (Å²) >= 11 is 0. The van der Waals surface area contributed by atoms with Gasteiger partial charge in [0.15, 0.2) is 12.6 Å². The number of hydrogen-bond acceptors (Lipinski definition) is 4. The zero-order valence-electron chi connectivity index (χ0n) is 11.2. The van der Waals surface area contributed by atoms with Gasteiger partial charge < -0.3 is 0 Å². The van der Waals surface area contributed by atoms with Crippen molar-refractivity contribution < 1.29 is 9.59 Å². The number of aldehydes is 2. The average molecular weight is 264 g/mol. The van der Waals surface area contributed by atoms with Crippen LogP contribution in [0.15, 0.2) is 24.3 Å². The van der Waals surface area contributed by atoms with E-state index in [0.717, 1.165) is 34.5 Å². The lowest BCUT2D eigenvalue weighted by Crippen LogP contribution is -1.97. The van der Waals surface area contributed by atoms with Crippen LogP contribution in [0.25, 0.3) is 21.8 Å². The first-order valence-electron chi connectivity index (χ1n) is 6.26. The number of aromatic nitrogens is 2. The summed E-state index contributed by atoms with van der Waals surface area (Å²) in [4.78, 5) is 22.3. The Balaban J connectivity index is 2.59. The second-order valence-corrected chi connectivity index (χ2v) is 4.94. The van der Waals surface area contributed by atoms with Crippen LogP contribution in [0.4, 0.5) is 0 Å². The molecule has 0 unspecified atom stereocenters. The first-order chi connectivity index (χ1) is 9.63. The van der Waals surface area contributed by atoms with Gasteiger partial charge in [0.1, 0.15) is 11.0 Å². The number of carbonyl (C=O) groups is 2. The Morgan fingerprint density at radius 3 is 1.50 bits per heavy atom. The molecule has 0 saturated heterocycles. The van der Waals surface area contributed by atoms with E-state index in [2.05, 4.69) is 10.2 Å². The van der Waals surface area contributed by atoms with Crippen LogP contribution in [0, 0.1) is 13.8 Å². The quantitative estimate of drug-likeness (QED) is 0.527. The first-order valence-corrected chi connectivity index (χ1v) is 6.26. The third kappa shape index (κ3) is 1.77. The minimum Gasteiger partial charge on any atom is -0.298 e. The highest BCUT2D eigenvalue weighted by molar-refractivity contribution is 6.12. The highest BCUT2D eigenvalue weighted by Crippen LogP contribution is 2.27. The maximum absolute atomic E-state index is 11.2. The fourth-order valence-electron chi connectivity index (χ4n) is 2.53. The fraction of sp³-hybridized carbons (Fsp3) is 0.125. The monoisotopic (exact) mass is 264 g/mol. The molecule has 0 fully saturated rings. The smallest absolute Gasteiger partial charge is 0.152 e. The van der Waals surface area contributed by atoms with Gasteiger partial charge in [-0.2, -0.15) is 0 Å². The van der Waals surface area contributed by atoms with Crippen molar-refractivity contribution in [3.8, 4) is 0 Å². The Morgan fingerprint density at radius 2 is 1.15 bits per heavy atom. The lowest BCUT2D eigenvalue weighted by atomic mass is 10.00. The van der Waals surface area contributed by atoms with Crippen molar-refractivity contribution >= 4 is 34.4 Å². The number of fused-ring (bicyclic) bond motifs is 3. The summed E-state index contributed by atoms with van der Waals surface area (Å²) in [7, 11) is 0. The molecule has 1 aromatic heterocycles. The maximum Gasteiger partial charge on any atom is 0.152 e. The predicted molar refractivity (Wildman–Crippen MR) is 77.3 cm³/mol. The Bertz CT molecular complexity index is 797. The van der Waals surface area contributed by atoms with Gasteiger partial charge >= 0.3 is 0 Å². The van der Waals surface area contributed by atoms with E-state index in [1.54, 1.807) is 12.1 Å². The Labute approximate surface area is 115 Å². The highest BCUT2D eigenvalue weighted by Gasteiger charge is 2.11. The molecule has 0 aliphatic carbocycles. The summed E-state index contributed by atoms with van der Waals surface area (Å²) in [6.45, 7) is 3.85. The van der Waals surface area contributed by atoms with E-state index in [0.29, 0.717) is 22.2 Å². The van der Waals surface area contributed by atoms with E-state index < -0.39 is 0 Å². The van der Waals surface area contributed by atoms with Gasteiger partial charge in [-0.1, -0.05) is 0 Å². The molecule has 4 heteroatoms. The first kappa shape index (κ1) is 12.4. The van der Waals surface area contributed by atoms with Gasteiger partial charge in [0, 0.05) is 21.9 Å². The zero-order valence-corrected chi connectivity index (χ0v) is 11.2. The highest BCUT2D eigenvalue weighted by atomic mass is 16.1. The third-order valence-electron chi connectivity index (χ3n) is 3.36. The molecule has 3 aromatic rings. The fourth-order valence-corrected chi connectivity index (χ4v) is 2.53. The number of nitrogens with zero attached hydrogens (tertiary/aromatic N) is 2. The topological polar surface area (TPSA) is 59.9 Å². The van der Waals surface area contributed by atoms with Crippen LogP contribution in [0.1, 0.15) is 31.8 Å². The van der Waals surface area contributed by atoms with E-state index in [1.807, 2.05) is 26.0 Å². The van der Waals surface area contributed by atoms with Crippen LogP contribution in [-0.4, -0.2) is 22.8 Å². The van der Waals surface area contributed by atoms with Gasteiger partial charge in [-0.05, 0) is 49.2 Å². The number of hydrogen-bond donors (Lipinski definition) is 0. The van der Waals surface area contributed by atoms with Crippen molar-refractivity contribution in [1.82, 2.24) is 10.2 Å². The molecule has 1 heterocycles. The lowest BCUT2D eigenvalue weighted by molar-refractivity contribution is 0.111. The molecule has 0 atom stereocenters. The van der Waals surface area contributed by atoms with Crippen molar-refractivity contribution in [2.75, 3.05) is 0 Å². The largest absolute Gasteiger partial charge is 0.298 e. The molecular weight excluding hydrogens is 252 g/mol. The van der Waals surface area contributed by atoms with Crippen LogP contribution in [0.2, 0.25) is 0 Å². The number of carbonyl (C=O) groups excluding carboxylic acids is 2. The lowest BCUT2D eigenvalue weighted by Gasteiger charge is -2.08. The number of benzene rings is 2. The summed E-state index contributed by atoms with van der Waals surface area (Å²) in [6, 6.07) is 7.50. The second-order valence-electron chi connectivity index (χ2n) is 4.94. The number of rotatable bonds is 2.